The Labute approximate surface area is 126 Å². The van der Waals surface area contributed by atoms with Gasteiger partial charge in [-0.1, -0.05) is 41.6 Å². The summed E-state index contributed by atoms with van der Waals surface area (Å²) in [6.07, 6.45) is 0. The molecule has 0 aliphatic heterocycles. The minimum absolute atomic E-state index is 0.308. The van der Waals surface area contributed by atoms with Crippen LogP contribution in [-0.4, -0.2) is 17.7 Å². The van der Waals surface area contributed by atoms with E-state index in [-0.39, 0.29) is 0 Å². The molecule has 0 amide bonds. The van der Waals surface area contributed by atoms with Gasteiger partial charge in [-0.15, -0.1) is 11.3 Å². The fourth-order valence-corrected chi connectivity index (χ4v) is 2.76. The molecule has 3 rings (SSSR count). The number of hydrogen-bond donors (Lipinski definition) is 0. The Balaban J connectivity index is 2.15. The van der Waals surface area contributed by atoms with Crippen LogP contribution in [-0.2, 0) is 4.74 Å². The summed E-state index contributed by atoms with van der Waals surface area (Å²) in [6.45, 7) is 2.08. The molecule has 106 valence electrons. The topological polar surface area (TPSA) is 52.3 Å². The molecule has 21 heavy (non-hydrogen) atoms. The molecule has 0 aliphatic carbocycles. The molecule has 0 aliphatic rings. The van der Waals surface area contributed by atoms with E-state index >= 15 is 0 Å². The summed E-state index contributed by atoms with van der Waals surface area (Å²) in [5.41, 5.74) is 1.71. The van der Waals surface area contributed by atoms with Gasteiger partial charge in [-0.05, 0) is 18.4 Å². The van der Waals surface area contributed by atoms with Gasteiger partial charge in [0.15, 0.2) is 5.76 Å². The first kappa shape index (κ1) is 13.6. The van der Waals surface area contributed by atoms with Crippen LogP contribution in [0.1, 0.15) is 17.3 Å². The van der Waals surface area contributed by atoms with Crippen molar-refractivity contribution < 1.29 is 14.1 Å². The number of ether oxygens (including phenoxy) is 1. The van der Waals surface area contributed by atoms with Crippen molar-refractivity contribution in [3.8, 4) is 21.9 Å². The van der Waals surface area contributed by atoms with Crippen molar-refractivity contribution in [1.29, 1.82) is 0 Å². The highest BCUT2D eigenvalue weighted by Crippen LogP contribution is 2.34. The van der Waals surface area contributed by atoms with Gasteiger partial charge in [-0.3, -0.25) is 0 Å². The quantitative estimate of drug-likeness (QED) is 0.676. The molecule has 0 N–H and O–H groups in total. The van der Waals surface area contributed by atoms with Crippen molar-refractivity contribution in [3.63, 3.8) is 0 Å². The predicted molar refractivity (Wildman–Crippen MR) is 81.2 cm³/mol. The number of nitrogens with zero attached hydrogens (tertiary/aromatic N) is 1. The molecule has 0 unspecified atom stereocenters. The number of aromatic nitrogens is 1. The average molecular weight is 299 g/mol. The van der Waals surface area contributed by atoms with Crippen molar-refractivity contribution in [2.75, 3.05) is 6.61 Å². The minimum atomic E-state index is -0.416. The summed E-state index contributed by atoms with van der Waals surface area (Å²) in [5.74, 6) is 0.0263. The first-order chi connectivity index (χ1) is 10.3. The second-order valence-corrected chi connectivity index (χ2v) is 5.25. The zero-order valence-corrected chi connectivity index (χ0v) is 12.2. The zero-order valence-electron chi connectivity index (χ0n) is 11.4. The van der Waals surface area contributed by atoms with Crippen LogP contribution in [0.2, 0.25) is 0 Å². The Bertz CT molecular complexity index is 732. The summed E-state index contributed by atoms with van der Waals surface area (Å²) in [7, 11) is 0. The zero-order chi connectivity index (χ0) is 14.7. The lowest BCUT2D eigenvalue weighted by atomic mass is 10.1. The number of hydrogen-bond acceptors (Lipinski definition) is 5. The number of rotatable bonds is 4. The highest BCUT2D eigenvalue weighted by Gasteiger charge is 2.26. The maximum Gasteiger partial charge on any atom is 0.344 e. The molecule has 0 saturated carbocycles. The normalized spacial score (nSPS) is 10.5. The third-order valence-corrected chi connectivity index (χ3v) is 3.84. The number of carbonyl (C=O) groups is 1. The lowest BCUT2D eigenvalue weighted by Gasteiger charge is -2.03. The van der Waals surface area contributed by atoms with E-state index in [0.29, 0.717) is 23.6 Å². The van der Waals surface area contributed by atoms with Crippen molar-refractivity contribution in [2.45, 2.75) is 6.92 Å². The van der Waals surface area contributed by atoms with E-state index in [1.165, 1.54) is 11.3 Å². The number of thiophene rings is 1. The molecule has 5 heteroatoms. The third kappa shape index (κ3) is 2.60. The van der Waals surface area contributed by atoms with Crippen molar-refractivity contribution >= 4 is 17.3 Å². The van der Waals surface area contributed by atoms with Gasteiger partial charge in [0, 0.05) is 5.56 Å². The molecule has 3 aromatic rings. The molecule has 2 heterocycles. The molecular formula is C16H13NO3S. The van der Waals surface area contributed by atoms with Crippen LogP contribution in [0.5, 0.6) is 0 Å². The third-order valence-electron chi connectivity index (χ3n) is 2.96. The van der Waals surface area contributed by atoms with Crippen LogP contribution in [0, 0.1) is 0 Å². The number of esters is 1. The van der Waals surface area contributed by atoms with Gasteiger partial charge in [0.05, 0.1) is 11.5 Å². The van der Waals surface area contributed by atoms with Gasteiger partial charge in [0.2, 0.25) is 0 Å². The fraction of sp³-hybridized carbons (Fsp3) is 0.125. The maximum absolute atomic E-state index is 12.3. The van der Waals surface area contributed by atoms with E-state index in [1.54, 1.807) is 6.92 Å². The Hall–Kier alpha value is -2.40. The van der Waals surface area contributed by atoms with Crippen molar-refractivity contribution in [1.82, 2.24) is 5.16 Å². The van der Waals surface area contributed by atoms with Gasteiger partial charge in [0.25, 0.3) is 0 Å². The Kier molecular flexibility index (Phi) is 3.83. The van der Waals surface area contributed by atoms with E-state index < -0.39 is 5.97 Å². The smallest absolute Gasteiger partial charge is 0.344 e. The van der Waals surface area contributed by atoms with E-state index in [9.17, 15) is 4.79 Å². The molecule has 2 aromatic heterocycles. The van der Waals surface area contributed by atoms with Gasteiger partial charge < -0.3 is 9.26 Å². The van der Waals surface area contributed by atoms with E-state index in [0.717, 1.165) is 10.4 Å². The van der Waals surface area contributed by atoms with Crippen LogP contribution in [0.3, 0.4) is 0 Å². The first-order valence-corrected chi connectivity index (χ1v) is 7.45. The second-order valence-electron chi connectivity index (χ2n) is 4.30. The minimum Gasteiger partial charge on any atom is -0.462 e. The largest absolute Gasteiger partial charge is 0.462 e. The first-order valence-electron chi connectivity index (χ1n) is 6.57. The fourth-order valence-electron chi connectivity index (χ4n) is 2.05. The summed E-state index contributed by atoms with van der Waals surface area (Å²) in [4.78, 5) is 13.2. The Morgan fingerprint density at radius 3 is 2.71 bits per heavy atom. The Morgan fingerprint density at radius 2 is 2.05 bits per heavy atom. The standard InChI is InChI=1S/C16H13NO3S/c1-2-19-16(18)13-14(12-9-6-10-21-12)17-20-15(13)11-7-4-3-5-8-11/h3-10H,2H2,1H3. The second kappa shape index (κ2) is 5.93. The lowest BCUT2D eigenvalue weighted by Crippen LogP contribution is -2.06. The molecular weight excluding hydrogens is 286 g/mol. The van der Waals surface area contributed by atoms with Crippen LogP contribution in [0.15, 0.2) is 52.4 Å². The summed E-state index contributed by atoms with van der Waals surface area (Å²) >= 11 is 1.50. The lowest BCUT2D eigenvalue weighted by molar-refractivity contribution is 0.0527. The van der Waals surface area contributed by atoms with Gasteiger partial charge in [-0.25, -0.2) is 4.79 Å². The van der Waals surface area contributed by atoms with Gasteiger partial charge in [-0.2, -0.15) is 0 Å². The van der Waals surface area contributed by atoms with E-state index in [1.807, 2.05) is 47.8 Å². The van der Waals surface area contributed by atoms with Gasteiger partial charge >= 0.3 is 5.97 Å². The summed E-state index contributed by atoms with van der Waals surface area (Å²) < 4.78 is 10.6. The van der Waals surface area contributed by atoms with E-state index in [4.69, 9.17) is 9.26 Å². The molecule has 0 spiro atoms. The maximum atomic E-state index is 12.3. The summed E-state index contributed by atoms with van der Waals surface area (Å²) in [5, 5.41) is 6.00. The molecule has 0 bridgehead atoms. The predicted octanol–water partition coefficient (Wildman–Crippen LogP) is 4.25. The van der Waals surface area contributed by atoms with Crippen LogP contribution < -0.4 is 0 Å². The molecule has 0 radical (unpaired) electrons. The molecule has 0 atom stereocenters. The average Bonchev–Trinajstić information content (AvgIpc) is 3.17. The van der Waals surface area contributed by atoms with Crippen LogP contribution in [0.25, 0.3) is 21.9 Å². The van der Waals surface area contributed by atoms with Gasteiger partial charge in [0.1, 0.15) is 11.3 Å². The van der Waals surface area contributed by atoms with Crippen molar-refractivity contribution in [3.05, 3.63) is 53.4 Å². The SMILES string of the molecule is CCOC(=O)c1c(-c2cccs2)noc1-c1ccccc1. The monoisotopic (exact) mass is 299 g/mol. The molecule has 1 aromatic carbocycles. The summed E-state index contributed by atoms with van der Waals surface area (Å²) in [6, 6.07) is 13.2. The molecule has 0 saturated heterocycles. The molecule has 4 nitrogen and oxygen atoms in total. The Morgan fingerprint density at radius 1 is 1.24 bits per heavy atom. The highest BCUT2D eigenvalue weighted by atomic mass is 32.1. The number of benzene rings is 1. The van der Waals surface area contributed by atoms with Crippen molar-refractivity contribution in [2.24, 2.45) is 0 Å². The van der Waals surface area contributed by atoms with E-state index in [2.05, 4.69) is 5.16 Å². The highest BCUT2D eigenvalue weighted by molar-refractivity contribution is 7.13. The van der Waals surface area contributed by atoms with Crippen LogP contribution in [0.4, 0.5) is 0 Å². The van der Waals surface area contributed by atoms with Crippen LogP contribution >= 0.6 is 11.3 Å². The number of carbonyl (C=O) groups excluding carboxylic acids is 1. The molecule has 0 fully saturated rings.